The molecule has 0 bridgehead atoms. The first kappa shape index (κ1) is 14.6. The zero-order valence-corrected chi connectivity index (χ0v) is 11.8. The number of aliphatic hydroxyl groups is 1. The Labute approximate surface area is 118 Å². The zero-order valence-electron chi connectivity index (χ0n) is 11.8. The van der Waals surface area contributed by atoms with Crippen LogP contribution < -0.4 is 14.8 Å². The van der Waals surface area contributed by atoms with Gasteiger partial charge in [0.15, 0.2) is 0 Å². The number of carbonyl (C=O) groups excluding carboxylic acids is 1. The maximum absolute atomic E-state index is 12.7. The number of carbonyl (C=O) groups is 1. The summed E-state index contributed by atoms with van der Waals surface area (Å²) in [4.78, 5) is 14.3. The molecule has 0 saturated carbocycles. The predicted octanol–water partition coefficient (Wildman–Crippen LogP) is 0.110. The lowest BCUT2D eigenvalue weighted by atomic mass is 10.1. The highest BCUT2D eigenvalue weighted by molar-refractivity contribution is 5.99. The van der Waals surface area contributed by atoms with Gasteiger partial charge in [-0.25, -0.2) is 0 Å². The van der Waals surface area contributed by atoms with Gasteiger partial charge in [0, 0.05) is 26.2 Å². The number of aliphatic hydroxyl groups excluding tert-OH is 1. The highest BCUT2D eigenvalue weighted by Crippen LogP contribution is 2.29. The number of benzene rings is 1. The number of ether oxygens (including phenoxy) is 2. The van der Waals surface area contributed by atoms with E-state index < -0.39 is 6.10 Å². The molecule has 0 spiro atoms. The van der Waals surface area contributed by atoms with E-state index in [1.165, 1.54) is 14.2 Å². The number of β-amino-alcohol motifs (C(OH)–C–C–N with tert-alkyl or cyclic N) is 1. The molecule has 1 aromatic carbocycles. The number of amides is 1. The molecule has 1 aliphatic rings. The third kappa shape index (κ3) is 3.02. The predicted molar refractivity (Wildman–Crippen MR) is 74.3 cm³/mol. The number of methoxy groups -OCH3 is 2. The molecule has 6 nitrogen and oxygen atoms in total. The third-order valence-electron chi connectivity index (χ3n) is 3.30. The highest BCUT2D eigenvalue weighted by atomic mass is 16.5. The Hall–Kier alpha value is -1.79. The molecule has 1 heterocycles. The fraction of sp³-hybridized carbons (Fsp3) is 0.500. The van der Waals surface area contributed by atoms with Crippen LogP contribution in [0.25, 0.3) is 0 Å². The topological polar surface area (TPSA) is 71.0 Å². The maximum Gasteiger partial charge on any atom is 0.261 e. The summed E-state index contributed by atoms with van der Waals surface area (Å²) in [5.74, 6) is 0.754. The molecule has 0 aliphatic carbocycles. The van der Waals surface area contributed by atoms with Gasteiger partial charge >= 0.3 is 0 Å². The molecular formula is C14H20N2O4. The van der Waals surface area contributed by atoms with Crippen LogP contribution in [0, 0.1) is 0 Å². The first-order valence-corrected chi connectivity index (χ1v) is 6.56. The van der Waals surface area contributed by atoms with Gasteiger partial charge in [-0.05, 0) is 12.1 Å². The van der Waals surface area contributed by atoms with E-state index in [1.807, 2.05) is 0 Å². The van der Waals surface area contributed by atoms with E-state index in [2.05, 4.69) is 5.32 Å². The molecular weight excluding hydrogens is 260 g/mol. The summed E-state index contributed by atoms with van der Waals surface area (Å²) in [6, 6.07) is 5.22. The molecule has 1 amide bonds. The van der Waals surface area contributed by atoms with Crippen LogP contribution in [0.15, 0.2) is 18.2 Å². The van der Waals surface area contributed by atoms with Gasteiger partial charge in [-0.2, -0.15) is 0 Å². The number of hydrogen-bond donors (Lipinski definition) is 2. The quantitative estimate of drug-likeness (QED) is 0.822. The molecule has 1 aromatic rings. The van der Waals surface area contributed by atoms with Gasteiger partial charge in [0.2, 0.25) is 0 Å². The smallest absolute Gasteiger partial charge is 0.261 e. The van der Waals surface area contributed by atoms with Crippen molar-refractivity contribution in [3.8, 4) is 11.5 Å². The lowest BCUT2D eigenvalue weighted by Crippen LogP contribution is -2.38. The van der Waals surface area contributed by atoms with Gasteiger partial charge in [-0.1, -0.05) is 6.07 Å². The van der Waals surface area contributed by atoms with Crippen LogP contribution in [0.5, 0.6) is 11.5 Å². The fourth-order valence-corrected chi connectivity index (χ4v) is 2.30. The van der Waals surface area contributed by atoms with Crippen molar-refractivity contribution in [2.45, 2.75) is 6.10 Å². The Balaban J connectivity index is 2.32. The Morgan fingerprint density at radius 1 is 1.35 bits per heavy atom. The van der Waals surface area contributed by atoms with Crippen LogP contribution in [0.4, 0.5) is 0 Å². The molecule has 2 N–H and O–H groups in total. The number of hydrogen-bond acceptors (Lipinski definition) is 5. The molecule has 0 aromatic heterocycles. The minimum absolute atomic E-state index is 0.193. The Kier molecular flexibility index (Phi) is 4.81. The molecule has 2 rings (SSSR count). The average molecular weight is 280 g/mol. The van der Waals surface area contributed by atoms with Crippen LogP contribution >= 0.6 is 0 Å². The highest BCUT2D eigenvalue weighted by Gasteiger charge is 2.26. The minimum Gasteiger partial charge on any atom is -0.496 e. The maximum atomic E-state index is 12.7. The first-order chi connectivity index (χ1) is 9.67. The summed E-state index contributed by atoms with van der Waals surface area (Å²) < 4.78 is 10.5. The standard InChI is InChI=1S/C14H20N2O4/c1-19-11-4-3-5-12(20-2)13(11)14(18)16-7-6-15-8-10(17)9-16/h3-5,10,15,17H,6-9H2,1-2H3. The van der Waals surface area contributed by atoms with E-state index in [0.717, 1.165) is 0 Å². The minimum atomic E-state index is -0.567. The van der Waals surface area contributed by atoms with Gasteiger partial charge in [0.25, 0.3) is 5.91 Å². The molecule has 1 fully saturated rings. The van der Waals surface area contributed by atoms with Gasteiger partial charge in [0.05, 0.1) is 20.3 Å². The van der Waals surface area contributed by atoms with E-state index in [9.17, 15) is 9.90 Å². The summed E-state index contributed by atoms with van der Waals surface area (Å²) in [6.45, 7) is 1.98. The molecule has 20 heavy (non-hydrogen) atoms. The summed E-state index contributed by atoms with van der Waals surface area (Å²) in [5, 5.41) is 12.9. The molecule has 110 valence electrons. The second kappa shape index (κ2) is 6.58. The van der Waals surface area contributed by atoms with Gasteiger partial charge in [-0.3, -0.25) is 4.79 Å². The Morgan fingerprint density at radius 3 is 2.60 bits per heavy atom. The van der Waals surface area contributed by atoms with Crippen molar-refractivity contribution in [2.75, 3.05) is 40.4 Å². The van der Waals surface area contributed by atoms with E-state index in [1.54, 1.807) is 23.1 Å². The Bertz CT molecular complexity index is 456. The SMILES string of the molecule is COc1cccc(OC)c1C(=O)N1CCNCC(O)C1. The zero-order chi connectivity index (χ0) is 14.5. The lowest BCUT2D eigenvalue weighted by molar-refractivity contribution is 0.0666. The van der Waals surface area contributed by atoms with Crippen molar-refractivity contribution in [2.24, 2.45) is 0 Å². The third-order valence-corrected chi connectivity index (χ3v) is 3.30. The van der Waals surface area contributed by atoms with Crippen molar-refractivity contribution in [1.29, 1.82) is 0 Å². The molecule has 6 heteroatoms. The van der Waals surface area contributed by atoms with E-state index >= 15 is 0 Å². The number of nitrogens with zero attached hydrogens (tertiary/aromatic N) is 1. The van der Waals surface area contributed by atoms with Gasteiger partial charge in [0.1, 0.15) is 17.1 Å². The van der Waals surface area contributed by atoms with Gasteiger partial charge in [-0.15, -0.1) is 0 Å². The monoisotopic (exact) mass is 280 g/mol. The molecule has 0 radical (unpaired) electrons. The van der Waals surface area contributed by atoms with E-state index in [-0.39, 0.29) is 5.91 Å². The largest absolute Gasteiger partial charge is 0.496 e. The van der Waals surface area contributed by atoms with Crippen LogP contribution in [0.2, 0.25) is 0 Å². The van der Waals surface area contributed by atoms with Crippen molar-refractivity contribution in [1.82, 2.24) is 10.2 Å². The van der Waals surface area contributed by atoms with Crippen LogP contribution in [-0.2, 0) is 0 Å². The molecule has 1 atom stereocenters. The van der Waals surface area contributed by atoms with Crippen molar-refractivity contribution in [3.63, 3.8) is 0 Å². The average Bonchev–Trinajstić information content (AvgIpc) is 2.70. The number of nitrogens with one attached hydrogen (secondary N) is 1. The normalized spacial score (nSPS) is 19.4. The van der Waals surface area contributed by atoms with Crippen LogP contribution in [0.3, 0.4) is 0 Å². The second-order valence-corrected chi connectivity index (χ2v) is 4.65. The van der Waals surface area contributed by atoms with Crippen LogP contribution in [-0.4, -0.2) is 62.4 Å². The van der Waals surface area contributed by atoms with Crippen molar-refractivity contribution >= 4 is 5.91 Å². The number of rotatable bonds is 3. The van der Waals surface area contributed by atoms with E-state index in [4.69, 9.17) is 9.47 Å². The summed E-state index contributed by atoms with van der Waals surface area (Å²) >= 11 is 0. The lowest BCUT2D eigenvalue weighted by Gasteiger charge is -2.23. The summed E-state index contributed by atoms with van der Waals surface area (Å²) in [7, 11) is 3.04. The fourth-order valence-electron chi connectivity index (χ4n) is 2.30. The first-order valence-electron chi connectivity index (χ1n) is 6.56. The van der Waals surface area contributed by atoms with Crippen LogP contribution in [0.1, 0.15) is 10.4 Å². The second-order valence-electron chi connectivity index (χ2n) is 4.65. The molecule has 1 unspecified atom stereocenters. The molecule has 1 aliphatic heterocycles. The van der Waals surface area contributed by atoms with Crippen molar-refractivity contribution in [3.05, 3.63) is 23.8 Å². The van der Waals surface area contributed by atoms with Crippen molar-refractivity contribution < 1.29 is 19.4 Å². The van der Waals surface area contributed by atoms with Gasteiger partial charge < -0.3 is 24.8 Å². The summed E-state index contributed by atoms with van der Waals surface area (Å²) in [6.07, 6.45) is -0.567. The van der Waals surface area contributed by atoms with E-state index in [0.29, 0.717) is 43.2 Å². The molecule has 1 saturated heterocycles. The summed E-state index contributed by atoms with van der Waals surface area (Å²) in [5.41, 5.74) is 0.395. The Morgan fingerprint density at radius 2 is 2.00 bits per heavy atom.